The zero-order chi connectivity index (χ0) is 26.0. The van der Waals surface area contributed by atoms with Crippen molar-refractivity contribution in [3.8, 4) is 5.75 Å². The molecule has 0 aliphatic heterocycles. The number of fused-ring (bicyclic) bond motifs is 1. The van der Waals surface area contributed by atoms with E-state index in [1.165, 1.54) is 5.56 Å². The lowest BCUT2D eigenvalue weighted by Crippen LogP contribution is -2.26. The molecule has 0 fully saturated rings. The van der Waals surface area contributed by atoms with Crippen LogP contribution in [0, 0.1) is 0 Å². The second kappa shape index (κ2) is 13.3. The number of hydrogen-bond donors (Lipinski definition) is 1. The van der Waals surface area contributed by atoms with Crippen molar-refractivity contribution in [1.29, 1.82) is 0 Å². The number of nitrogens with zero attached hydrogens (tertiary/aromatic N) is 2. The van der Waals surface area contributed by atoms with Gasteiger partial charge < -0.3 is 14.6 Å². The van der Waals surface area contributed by atoms with Gasteiger partial charge in [0.05, 0.1) is 24.1 Å². The van der Waals surface area contributed by atoms with E-state index in [2.05, 4.69) is 66.2 Å². The molecular formula is C31H36ClN3O2. The van der Waals surface area contributed by atoms with E-state index >= 15 is 0 Å². The molecule has 0 atom stereocenters. The summed E-state index contributed by atoms with van der Waals surface area (Å²) in [7, 11) is 0. The highest BCUT2D eigenvalue weighted by molar-refractivity contribution is 6.30. The normalized spacial score (nSPS) is 11.2. The summed E-state index contributed by atoms with van der Waals surface area (Å²) in [5.41, 5.74) is 4.47. The van der Waals surface area contributed by atoms with Gasteiger partial charge in [-0.2, -0.15) is 0 Å². The topological polar surface area (TPSA) is 56.1 Å². The molecule has 0 aliphatic rings. The number of aromatic nitrogens is 2. The smallest absolute Gasteiger partial charge is 0.224 e. The molecule has 1 N–H and O–H groups in total. The standard InChI is InChI=1S/C31H36ClN3O2/c1-23(2)25-13-17-27(18-14-25)37-21-6-5-20-35-29-9-4-3-8-28(29)34-30(35)10-7-19-33-31(36)22-24-11-15-26(32)16-12-24/h3-4,8-9,11-18,23H,5-7,10,19-22H2,1-2H3,(H,33,36). The first kappa shape index (κ1) is 26.7. The third-order valence-electron chi connectivity index (χ3n) is 6.50. The third kappa shape index (κ3) is 7.83. The van der Waals surface area contributed by atoms with Crippen LogP contribution >= 0.6 is 11.6 Å². The predicted octanol–water partition coefficient (Wildman–Crippen LogP) is 6.96. The highest BCUT2D eigenvalue weighted by atomic mass is 35.5. The molecule has 0 unspecified atom stereocenters. The minimum atomic E-state index is 0.0228. The second-order valence-corrected chi connectivity index (χ2v) is 10.1. The minimum Gasteiger partial charge on any atom is -0.494 e. The quantitative estimate of drug-likeness (QED) is 0.195. The average molecular weight is 518 g/mol. The van der Waals surface area contributed by atoms with Crippen LogP contribution in [0.2, 0.25) is 5.02 Å². The first-order valence-corrected chi connectivity index (χ1v) is 13.6. The Hall–Kier alpha value is -3.31. The molecule has 0 saturated carbocycles. The molecule has 5 nitrogen and oxygen atoms in total. The number of carbonyl (C=O) groups is 1. The Morgan fingerprint density at radius 1 is 0.973 bits per heavy atom. The maximum Gasteiger partial charge on any atom is 0.224 e. The number of benzene rings is 3. The number of amides is 1. The van der Waals surface area contributed by atoms with Crippen molar-refractivity contribution in [3.05, 3.63) is 94.8 Å². The number of carbonyl (C=O) groups excluding carboxylic acids is 1. The van der Waals surface area contributed by atoms with Gasteiger partial charge in [-0.15, -0.1) is 0 Å². The Kier molecular flexibility index (Phi) is 9.61. The van der Waals surface area contributed by atoms with Crippen molar-refractivity contribution in [2.75, 3.05) is 13.2 Å². The molecule has 0 bridgehead atoms. The molecule has 6 heteroatoms. The lowest BCUT2D eigenvalue weighted by atomic mass is 10.0. The number of ether oxygens (including phenoxy) is 1. The molecule has 3 aromatic carbocycles. The fraction of sp³-hybridized carbons (Fsp3) is 0.355. The summed E-state index contributed by atoms with van der Waals surface area (Å²) in [5, 5.41) is 3.71. The van der Waals surface area contributed by atoms with Gasteiger partial charge in [0.25, 0.3) is 0 Å². The van der Waals surface area contributed by atoms with E-state index in [-0.39, 0.29) is 5.91 Å². The van der Waals surface area contributed by atoms with E-state index in [0.717, 1.165) is 60.4 Å². The number of unbranched alkanes of at least 4 members (excludes halogenated alkanes) is 1. The van der Waals surface area contributed by atoms with E-state index in [4.69, 9.17) is 21.3 Å². The van der Waals surface area contributed by atoms with Crippen molar-refractivity contribution < 1.29 is 9.53 Å². The molecule has 1 aromatic heterocycles. The zero-order valence-corrected chi connectivity index (χ0v) is 22.5. The van der Waals surface area contributed by atoms with Crippen LogP contribution in [0.4, 0.5) is 0 Å². The van der Waals surface area contributed by atoms with Crippen LogP contribution in [0.15, 0.2) is 72.8 Å². The first-order chi connectivity index (χ1) is 18.0. The molecule has 0 aliphatic carbocycles. The van der Waals surface area contributed by atoms with Crippen LogP contribution in [-0.4, -0.2) is 28.6 Å². The minimum absolute atomic E-state index is 0.0228. The summed E-state index contributed by atoms with van der Waals surface area (Å²) in [4.78, 5) is 17.2. The maximum absolute atomic E-state index is 12.3. The molecule has 37 heavy (non-hydrogen) atoms. The summed E-state index contributed by atoms with van der Waals surface area (Å²) in [6.45, 7) is 6.61. The van der Waals surface area contributed by atoms with Crippen LogP contribution < -0.4 is 10.1 Å². The van der Waals surface area contributed by atoms with Gasteiger partial charge in [0.15, 0.2) is 0 Å². The number of aryl methyl sites for hydroxylation is 2. The van der Waals surface area contributed by atoms with Crippen molar-refractivity contribution in [2.24, 2.45) is 0 Å². The molecule has 1 amide bonds. The number of halogens is 1. The third-order valence-corrected chi connectivity index (χ3v) is 6.75. The van der Waals surface area contributed by atoms with E-state index in [0.29, 0.717) is 30.5 Å². The van der Waals surface area contributed by atoms with Crippen LogP contribution in [-0.2, 0) is 24.2 Å². The van der Waals surface area contributed by atoms with Crippen molar-refractivity contribution >= 4 is 28.5 Å². The Morgan fingerprint density at radius 2 is 1.73 bits per heavy atom. The van der Waals surface area contributed by atoms with Crippen LogP contribution in [0.1, 0.15) is 56.0 Å². The van der Waals surface area contributed by atoms with Crippen molar-refractivity contribution in [2.45, 2.75) is 58.4 Å². The van der Waals surface area contributed by atoms with Gasteiger partial charge in [0.1, 0.15) is 11.6 Å². The Morgan fingerprint density at radius 3 is 2.49 bits per heavy atom. The molecule has 0 spiro atoms. The zero-order valence-electron chi connectivity index (χ0n) is 21.8. The number of rotatable bonds is 13. The maximum atomic E-state index is 12.3. The molecule has 194 valence electrons. The fourth-order valence-electron chi connectivity index (χ4n) is 4.40. The average Bonchev–Trinajstić information content (AvgIpc) is 3.25. The fourth-order valence-corrected chi connectivity index (χ4v) is 4.53. The largest absolute Gasteiger partial charge is 0.494 e. The van der Waals surface area contributed by atoms with Crippen LogP contribution in [0.5, 0.6) is 5.75 Å². The molecular weight excluding hydrogens is 482 g/mol. The van der Waals surface area contributed by atoms with E-state index in [1.807, 2.05) is 30.3 Å². The summed E-state index contributed by atoms with van der Waals surface area (Å²) < 4.78 is 8.28. The number of imidazole rings is 1. The lowest BCUT2D eigenvalue weighted by Gasteiger charge is -2.11. The van der Waals surface area contributed by atoms with Gasteiger partial charge in [-0.25, -0.2) is 4.98 Å². The second-order valence-electron chi connectivity index (χ2n) is 9.70. The Bertz CT molecular complexity index is 1280. The van der Waals surface area contributed by atoms with Gasteiger partial charge >= 0.3 is 0 Å². The summed E-state index contributed by atoms with van der Waals surface area (Å²) >= 11 is 5.92. The SMILES string of the molecule is CC(C)c1ccc(OCCCCn2c(CCCNC(=O)Cc3ccc(Cl)cc3)nc3ccccc32)cc1. The molecule has 4 aromatic rings. The van der Waals surface area contributed by atoms with E-state index in [9.17, 15) is 4.79 Å². The summed E-state index contributed by atoms with van der Waals surface area (Å²) in [5.74, 6) is 2.54. The first-order valence-electron chi connectivity index (χ1n) is 13.2. The van der Waals surface area contributed by atoms with Gasteiger partial charge in [-0.05, 0) is 72.7 Å². The summed E-state index contributed by atoms with van der Waals surface area (Å²) in [6.07, 6.45) is 3.99. The monoisotopic (exact) mass is 517 g/mol. The van der Waals surface area contributed by atoms with Crippen molar-refractivity contribution in [3.63, 3.8) is 0 Å². The van der Waals surface area contributed by atoms with Crippen LogP contribution in [0.3, 0.4) is 0 Å². The molecule has 0 radical (unpaired) electrons. The van der Waals surface area contributed by atoms with E-state index in [1.54, 1.807) is 0 Å². The number of para-hydroxylation sites is 2. The lowest BCUT2D eigenvalue weighted by molar-refractivity contribution is -0.120. The highest BCUT2D eigenvalue weighted by Gasteiger charge is 2.11. The van der Waals surface area contributed by atoms with Crippen LogP contribution in [0.25, 0.3) is 11.0 Å². The molecule has 1 heterocycles. The Labute approximate surface area is 224 Å². The number of nitrogens with one attached hydrogen (secondary N) is 1. The predicted molar refractivity (Wildman–Crippen MR) is 151 cm³/mol. The van der Waals surface area contributed by atoms with E-state index < -0.39 is 0 Å². The van der Waals surface area contributed by atoms with Gasteiger partial charge in [-0.1, -0.05) is 61.8 Å². The van der Waals surface area contributed by atoms with Gasteiger partial charge in [0.2, 0.25) is 5.91 Å². The highest BCUT2D eigenvalue weighted by Crippen LogP contribution is 2.20. The summed E-state index contributed by atoms with van der Waals surface area (Å²) in [6, 6.07) is 24.1. The van der Waals surface area contributed by atoms with Gasteiger partial charge in [0, 0.05) is 24.5 Å². The molecule has 4 rings (SSSR count). The van der Waals surface area contributed by atoms with Gasteiger partial charge in [-0.3, -0.25) is 4.79 Å². The molecule has 0 saturated heterocycles. The van der Waals surface area contributed by atoms with Crippen molar-refractivity contribution in [1.82, 2.24) is 14.9 Å². The Balaban J connectivity index is 1.24. The number of hydrogen-bond acceptors (Lipinski definition) is 3.